The maximum atomic E-state index is 12.5. The first-order valence-corrected chi connectivity index (χ1v) is 7.17. The first-order valence-electron chi connectivity index (χ1n) is 6.79. The zero-order chi connectivity index (χ0) is 17.0. The number of alkyl halides is 2. The van der Waals surface area contributed by atoms with Crippen molar-refractivity contribution >= 4 is 29.2 Å². The van der Waals surface area contributed by atoms with Crippen molar-refractivity contribution in [3.05, 3.63) is 22.7 Å². The number of anilines is 1. The Hall–Kier alpha value is -1.93. The van der Waals surface area contributed by atoms with Crippen molar-refractivity contribution in [1.82, 2.24) is 0 Å². The van der Waals surface area contributed by atoms with Crippen LogP contribution in [0.3, 0.4) is 0 Å². The molecule has 126 valence electrons. The Morgan fingerprint density at radius 2 is 2.00 bits per heavy atom. The van der Waals surface area contributed by atoms with E-state index in [2.05, 4.69) is 10.1 Å². The summed E-state index contributed by atoms with van der Waals surface area (Å²) in [5.74, 6) is -2.56. The lowest BCUT2D eigenvalue weighted by atomic mass is 9.99. The zero-order valence-electron chi connectivity index (χ0n) is 11.9. The summed E-state index contributed by atoms with van der Waals surface area (Å²) < 4.78 is 34.4. The van der Waals surface area contributed by atoms with Crippen molar-refractivity contribution in [1.29, 1.82) is 0 Å². The fraction of sp³-hybridized carbons (Fsp3) is 0.429. The Morgan fingerprint density at radius 3 is 2.57 bits per heavy atom. The normalized spacial score (nSPS) is 15.5. The van der Waals surface area contributed by atoms with E-state index in [1.54, 1.807) is 0 Å². The summed E-state index contributed by atoms with van der Waals surface area (Å²) in [6, 6.07) is 2.06. The van der Waals surface area contributed by atoms with Crippen molar-refractivity contribution in [2.75, 3.05) is 18.5 Å². The molecule has 1 aliphatic rings. The molecule has 1 amide bonds. The maximum Gasteiger partial charge on any atom is 0.387 e. The minimum Gasteiger partial charge on any atom is -0.478 e. The van der Waals surface area contributed by atoms with Crippen molar-refractivity contribution in [3.63, 3.8) is 0 Å². The minimum atomic E-state index is -3.14. The number of nitrogens with one attached hydrogen (secondary N) is 1. The molecule has 1 aliphatic heterocycles. The molecule has 0 aromatic heterocycles. The van der Waals surface area contributed by atoms with E-state index in [-0.39, 0.29) is 22.2 Å². The van der Waals surface area contributed by atoms with Gasteiger partial charge in [0.2, 0.25) is 5.91 Å². The number of hydrogen-bond donors (Lipinski definition) is 2. The molecule has 1 aromatic carbocycles. The molecule has 0 unspecified atom stereocenters. The summed E-state index contributed by atoms with van der Waals surface area (Å²) in [6.07, 6.45) is 0.959. The van der Waals surface area contributed by atoms with E-state index >= 15 is 0 Å². The van der Waals surface area contributed by atoms with Gasteiger partial charge in [-0.05, 0) is 25.0 Å². The maximum absolute atomic E-state index is 12.5. The third-order valence-corrected chi connectivity index (χ3v) is 3.78. The number of rotatable bonds is 5. The Bertz CT molecular complexity index is 605. The largest absolute Gasteiger partial charge is 0.478 e. The van der Waals surface area contributed by atoms with Crippen LogP contribution in [0.15, 0.2) is 12.1 Å². The molecule has 23 heavy (non-hydrogen) atoms. The standard InChI is InChI=1S/C14H14ClF2NO5/c15-10-8(13(20)21)1-2-9(23-14(16)17)11(10)18-12(19)7-3-5-22-6-4-7/h1-2,7,14H,3-6H2,(H,18,19)(H,20,21). The minimum absolute atomic E-state index is 0.275. The molecular formula is C14H14ClF2NO5. The average molecular weight is 350 g/mol. The second-order valence-electron chi connectivity index (χ2n) is 4.86. The molecule has 1 fully saturated rings. The van der Waals surface area contributed by atoms with Crippen LogP contribution in [0.5, 0.6) is 5.75 Å². The van der Waals surface area contributed by atoms with E-state index in [0.717, 1.165) is 12.1 Å². The van der Waals surface area contributed by atoms with Crippen LogP contribution >= 0.6 is 11.6 Å². The highest BCUT2D eigenvalue weighted by Gasteiger charge is 2.26. The molecule has 1 aromatic rings. The van der Waals surface area contributed by atoms with Gasteiger partial charge in [0.05, 0.1) is 10.6 Å². The molecule has 1 heterocycles. The van der Waals surface area contributed by atoms with Crippen LogP contribution in [-0.4, -0.2) is 36.8 Å². The third kappa shape index (κ3) is 4.29. The summed E-state index contributed by atoms with van der Waals surface area (Å²) in [7, 11) is 0. The number of carboxylic acid groups (broad SMARTS) is 1. The van der Waals surface area contributed by atoms with E-state index in [1.165, 1.54) is 0 Å². The Labute approximate surface area is 135 Å². The predicted octanol–water partition coefficient (Wildman–Crippen LogP) is 3.00. The van der Waals surface area contributed by atoms with Crippen LogP contribution in [0.25, 0.3) is 0 Å². The van der Waals surface area contributed by atoms with Crippen LogP contribution in [0.1, 0.15) is 23.2 Å². The molecule has 0 aliphatic carbocycles. The first kappa shape index (κ1) is 17.4. The summed E-state index contributed by atoms with van der Waals surface area (Å²) >= 11 is 5.93. The fourth-order valence-electron chi connectivity index (χ4n) is 2.22. The van der Waals surface area contributed by atoms with Gasteiger partial charge in [-0.1, -0.05) is 11.6 Å². The Kier molecular flexibility index (Phi) is 5.73. The number of amides is 1. The van der Waals surface area contributed by atoms with Crippen LogP contribution in [0.2, 0.25) is 5.02 Å². The van der Waals surface area contributed by atoms with E-state index in [4.69, 9.17) is 21.4 Å². The summed E-state index contributed by atoms with van der Waals surface area (Å²) in [6.45, 7) is -2.30. The molecule has 9 heteroatoms. The molecule has 2 N–H and O–H groups in total. The average Bonchev–Trinajstić information content (AvgIpc) is 2.50. The van der Waals surface area contributed by atoms with Gasteiger partial charge >= 0.3 is 12.6 Å². The quantitative estimate of drug-likeness (QED) is 0.853. The predicted molar refractivity (Wildman–Crippen MR) is 77.2 cm³/mol. The van der Waals surface area contributed by atoms with Gasteiger partial charge in [-0.2, -0.15) is 8.78 Å². The summed E-state index contributed by atoms with van der Waals surface area (Å²) in [5.41, 5.74) is -0.598. The molecule has 0 atom stereocenters. The Balaban J connectivity index is 2.30. The van der Waals surface area contributed by atoms with E-state index in [0.29, 0.717) is 26.1 Å². The van der Waals surface area contributed by atoms with Crippen molar-refractivity contribution < 1.29 is 33.0 Å². The second kappa shape index (κ2) is 7.56. The fourth-order valence-corrected chi connectivity index (χ4v) is 2.50. The topological polar surface area (TPSA) is 84.9 Å². The van der Waals surface area contributed by atoms with Gasteiger partial charge in [0.25, 0.3) is 0 Å². The SMILES string of the molecule is O=C(O)c1ccc(OC(F)F)c(NC(=O)C2CCOCC2)c1Cl. The first-order chi connectivity index (χ1) is 10.9. The lowest BCUT2D eigenvalue weighted by molar-refractivity contribution is -0.122. The number of benzene rings is 1. The lowest BCUT2D eigenvalue weighted by Gasteiger charge is -2.22. The van der Waals surface area contributed by atoms with Crippen LogP contribution < -0.4 is 10.1 Å². The van der Waals surface area contributed by atoms with Crippen molar-refractivity contribution in [3.8, 4) is 5.75 Å². The smallest absolute Gasteiger partial charge is 0.387 e. The number of carbonyl (C=O) groups is 2. The number of hydrogen-bond acceptors (Lipinski definition) is 4. The molecule has 6 nitrogen and oxygen atoms in total. The number of carbonyl (C=O) groups excluding carboxylic acids is 1. The van der Waals surface area contributed by atoms with Crippen LogP contribution in [0.4, 0.5) is 14.5 Å². The van der Waals surface area contributed by atoms with Gasteiger partial charge in [0.1, 0.15) is 5.69 Å². The second-order valence-corrected chi connectivity index (χ2v) is 5.24. The monoisotopic (exact) mass is 349 g/mol. The van der Waals surface area contributed by atoms with Gasteiger partial charge in [-0.3, -0.25) is 4.79 Å². The molecular weight excluding hydrogens is 336 g/mol. The highest BCUT2D eigenvalue weighted by Crippen LogP contribution is 2.37. The molecule has 2 rings (SSSR count). The number of halogens is 3. The van der Waals surface area contributed by atoms with Gasteiger partial charge in [0.15, 0.2) is 5.75 Å². The van der Waals surface area contributed by atoms with Crippen molar-refractivity contribution in [2.45, 2.75) is 19.5 Å². The summed E-state index contributed by atoms with van der Waals surface area (Å²) in [4.78, 5) is 23.3. The molecule has 1 saturated heterocycles. The number of ether oxygens (including phenoxy) is 2. The van der Waals surface area contributed by atoms with Gasteiger partial charge in [-0.15, -0.1) is 0 Å². The number of aromatic carboxylic acids is 1. The highest BCUT2D eigenvalue weighted by molar-refractivity contribution is 6.37. The molecule has 0 spiro atoms. The Morgan fingerprint density at radius 1 is 1.35 bits per heavy atom. The van der Waals surface area contributed by atoms with E-state index in [9.17, 15) is 18.4 Å². The molecule has 0 saturated carbocycles. The van der Waals surface area contributed by atoms with Crippen LogP contribution in [0, 0.1) is 5.92 Å². The van der Waals surface area contributed by atoms with Gasteiger partial charge in [-0.25, -0.2) is 4.79 Å². The molecule has 0 radical (unpaired) electrons. The third-order valence-electron chi connectivity index (χ3n) is 3.39. The number of carboxylic acids is 1. The van der Waals surface area contributed by atoms with E-state index in [1.807, 2.05) is 0 Å². The highest BCUT2D eigenvalue weighted by atomic mass is 35.5. The van der Waals surface area contributed by atoms with Gasteiger partial charge in [0, 0.05) is 19.1 Å². The lowest BCUT2D eigenvalue weighted by Crippen LogP contribution is -2.29. The van der Waals surface area contributed by atoms with E-state index < -0.39 is 24.2 Å². The van der Waals surface area contributed by atoms with Gasteiger partial charge < -0.3 is 19.9 Å². The molecule has 0 bridgehead atoms. The van der Waals surface area contributed by atoms with Crippen molar-refractivity contribution in [2.24, 2.45) is 5.92 Å². The zero-order valence-corrected chi connectivity index (χ0v) is 12.6. The summed E-state index contributed by atoms with van der Waals surface area (Å²) in [5, 5.41) is 11.1. The van der Waals surface area contributed by atoms with Crippen LogP contribution in [-0.2, 0) is 9.53 Å².